The number of halogens is 1. The lowest BCUT2D eigenvalue weighted by Crippen LogP contribution is -2.36. The number of ether oxygens (including phenoxy) is 1. The molecule has 0 aliphatic carbocycles. The number of hydrogen-bond acceptors (Lipinski definition) is 5. The Balaban J connectivity index is 1.34. The molecule has 1 unspecified atom stereocenters. The van der Waals surface area contributed by atoms with Gasteiger partial charge in [-0.15, -0.1) is 0 Å². The minimum absolute atomic E-state index is 0.0355. The lowest BCUT2D eigenvalue weighted by molar-refractivity contribution is 0.0507. The van der Waals surface area contributed by atoms with Crippen molar-refractivity contribution in [2.75, 3.05) is 26.2 Å². The van der Waals surface area contributed by atoms with Crippen LogP contribution < -0.4 is 10.1 Å². The lowest BCUT2D eigenvalue weighted by Gasteiger charge is -2.35. The van der Waals surface area contributed by atoms with Gasteiger partial charge in [-0.1, -0.05) is 30.2 Å². The topological polar surface area (TPSA) is 71.8 Å². The van der Waals surface area contributed by atoms with Gasteiger partial charge in [0.25, 0.3) is 5.91 Å². The van der Waals surface area contributed by atoms with E-state index in [0.29, 0.717) is 39.4 Å². The van der Waals surface area contributed by atoms with Crippen molar-refractivity contribution in [2.45, 2.75) is 51.6 Å². The van der Waals surface area contributed by atoms with Crippen molar-refractivity contribution < 1.29 is 18.7 Å². The van der Waals surface area contributed by atoms with Crippen LogP contribution in [-0.2, 0) is 5.60 Å². The second-order valence-corrected chi connectivity index (χ2v) is 10.3. The number of aryl methyl sites for hydroxylation is 1. The molecule has 2 aliphatic rings. The van der Waals surface area contributed by atoms with Crippen molar-refractivity contribution in [3.05, 3.63) is 63.9 Å². The Morgan fingerprint density at radius 2 is 1.86 bits per heavy atom. The first-order valence-electron chi connectivity index (χ1n) is 12.4. The Bertz CT molecular complexity index is 1260. The molecule has 1 amide bonds. The number of likely N-dealkylation sites (tertiary alicyclic amines) is 1. The maximum absolute atomic E-state index is 13.4. The molecule has 0 saturated carbocycles. The summed E-state index contributed by atoms with van der Waals surface area (Å²) in [6.45, 7) is 7.61. The first kappa shape index (κ1) is 23.9. The molecule has 5 rings (SSSR count). The number of Topliss-reactive ketones (excluding diaryl/α,β-unsaturated/α-hetero) is 1. The Kier molecular flexibility index (Phi) is 6.60. The smallest absolute Gasteiger partial charge is 0.287 e. The molecule has 0 radical (unpaired) electrons. The average Bonchev–Trinajstić information content (AvgIpc) is 3.19. The van der Waals surface area contributed by atoms with Gasteiger partial charge < -0.3 is 19.4 Å². The predicted octanol–water partition coefficient (Wildman–Crippen LogP) is 5.88. The quantitative estimate of drug-likeness (QED) is 0.433. The van der Waals surface area contributed by atoms with Crippen molar-refractivity contribution in [1.82, 2.24) is 10.2 Å². The Morgan fingerprint density at radius 3 is 2.60 bits per heavy atom. The van der Waals surface area contributed by atoms with Crippen LogP contribution in [0, 0.1) is 6.92 Å². The molecule has 1 fully saturated rings. The molecule has 7 heteroatoms. The van der Waals surface area contributed by atoms with Gasteiger partial charge in [-0.3, -0.25) is 9.59 Å². The van der Waals surface area contributed by atoms with Crippen molar-refractivity contribution in [3.63, 3.8) is 0 Å². The highest BCUT2D eigenvalue weighted by Crippen LogP contribution is 2.44. The molecule has 2 aromatic carbocycles. The van der Waals surface area contributed by atoms with Crippen molar-refractivity contribution >= 4 is 34.3 Å². The predicted molar refractivity (Wildman–Crippen MR) is 137 cm³/mol. The van der Waals surface area contributed by atoms with Crippen molar-refractivity contribution in [1.29, 1.82) is 0 Å². The van der Waals surface area contributed by atoms with Gasteiger partial charge in [0.2, 0.25) is 0 Å². The summed E-state index contributed by atoms with van der Waals surface area (Å²) in [5.41, 5.74) is 1.76. The molecule has 1 aromatic heterocycles. The van der Waals surface area contributed by atoms with E-state index in [2.05, 4.69) is 10.2 Å². The summed E-state index contributed by atoms with van der Waals surface area (Å²) in [5.74, 6) is 0.474. The van der Waals surface area contributed by atoms with Gasteiger partial charge in [0, 0.05) is 22.5 Å². The van der Waals surface area contributed by atoms with Crippen LogP contribution in [0.1, 0.15) is 71.1 Å². The second-order valence-electron chi connectivity index (χ2n) is 9.82. The van der Waals surface area contributed by atoms with Gasteiger partial charge in [0.05, 0.1) is 12.0 Å². The SMILES string of the molecule is Cc1c(C(=O)NCCCN2CCCCC2)oc2ccc3c(c12)C(=O)CC(C)(c1ccc(Cl)cc1)O3. The normalized spacial score (nSPS) is 20.5. The van der Waals surface area contributed by atoms with Crippen LogP contribution in [0.2, 0.25) is 5.02 Å². The zero-order valence-electron chi connectivity index (χ0n) is 20.3. The number of nitrogens with one attached hydrogen (secondary N) is 1. The number of carbonyl (C=O) groups excluding carboxylic acids is 2. The molecule has 1 N–H and O–H groups in total. The molecule has 2 aliphatic heterocycles. The van der Waals surface area contributed by atoms with Crippen LogP contribution in [0.4, 0.5) is 0 Å². The van der Waals surface area contributed by atoms with E-state index in [9.17, 15) is 9.59 Å². The van der Waals surface area contributed by atoms with Crippen LogP contribution >= 0.6 is 11.6 Å². The van der Waals surface area contributed by atoms with Gasteiger partial charge in [-0.25, -0.2) is 0 Å². The third-order valence-electron chi connectivity index (χ3n) is 7.21. The van der Waals surface area contributed by atoms with Crippen molar-refractivity contribution in [2.24, 2.45) is 0 Å². The van der Waals surface area contributed by atoms with Crippen LogP contribution in [-0.4, -0.2) is 42.8 Å². The van der Waals surface area contributed by atoms with E-state index in [4.69, 9.17) is 20.8 Å². The third kappa shape index (κ3) is 4.69. The van der Waals surface area contributed by atoms with Crippen LogP contribution in [0.5, 0.6) is 5.75 Å². The van der Waals surface area contributed by atoms with Gasteiger partial charge >= 0.3 is 0 Å². The highest BCUT2D eigenvalue weighted by molar-refractivity contribution is 6.30. The van der Waals surface area contributed by atoms with Gasteiger partial charge in [-0.2, -0.15) is 0 Å². The number of hydrogen-bond donors (Lipinski definition) is 1. The number of amides is 1. The van der Waals surface area contributed by atoms with Crippen molar-refractivity contribution in [3.8, 4) is 5.75 Å². The summed E-state index contributed by atoms with van der Waals surface area (Å²) < 4.78 is 12.3. The monoisotopic (exact) mass is 494 g/mol. The minimum atomic E-state index is -0.797. The first-order chi connectivity index (χ1) is 16.9. The van der Waals surface area contributed by atoms with Gasteiger partial charge in [-0.05, 0) is 82.6 Å². The molecule has 1 saturated heterocycles. The number of benzene rings is 2. The number of furan rings is 1. The summed E-state index contributed by atoms with van der Waals surface area (Å²) in [7, 11) is 0. The molecule has 35 heavy (non-hydrogen) atoms. The standard InChI is InChI=1S/C28H31ClN2O4/c1-18-24-22(34-26(18)27(33)30-13-6-16-31-14-4-3-5-15-31)11-12-23-25(24)21(32)17-28(2,35-23)19-7-9-20(29)10-8-19/h7-12H,3-6,13-17H2,1-2H3,(H,30,33). The number of rotatable bonds is 6. The largest absolute Gasteiger partial charge is 0.482 e. The zero-order valence-corrected chi connectivity index (χ0v) is 21.0. The number of nitrogens with zero attached hydrogens (tertiary/aromatic N) is 1. The highest BCUT2D eigenvalue weighted by Gasteiger charge is 2.40. The van der Waals surface area contributed by atoms with E-state index in [1.54, 1.807) is 24.3 Å². The Labute approximate surface area is 210 Å². The zero-order chi connectivity index (χ0) is 24.6. The van der Waals surface area contributed by atoms with Crippen LogP contribution in [0.3, 0.4) is 0 Å². The molecular formula is C28H31ClN2O4. The fraction of sp³-hybridized carbons (Fsp3) is 0.429. The minimum Gasteiger partial charge on any atom is -0.482 e. The summed E-state index contributed by atoms with van der Waals surface area (Å²) in [4.78, 5) is 28.8. The maximum Gasteiger partial charge on any atom is 0.287 e. The molecule has 6 nitrogen and oxygen atoms in total. The summed E-state index contributed by atoms with van der Waals surface area (Å²) in [6, 6.07) is 10.9. The van der Waals surface area contributed by atoms with E-state index in [1.165, 1.54) is 19.3 Å². The fourth-order valence-electron chi connectivity index (χ4n) is 5.31. The molecular weight excluding hydrogens is 464 g/mol. The lowest BCUT2D eigenvalue weighted by atomic mass is 9.84. The first-order valence-corrected chi connectivity index (χ1v) is 12.8. The molecule has 3 aromatic rings. The van der Waals surface area contributed by atoms with E-state index >= 15 is 0 Å². The van der Waals surface area contributed by atoms with E-state index in [-0.39, 0.29) is 23.9 Å². The summed E-state index contributed by atoms with van der Waals surface area (Å²) >= 11 is 6.04. The molecule has 3 heterocycles. The van der Waals surface area contributed by atoms with Crippen LogP contribution in [0.15, 0.2) is 40.8 Å². The number of fused-ring (bicyclic) bond motifs is 3. The maximum atomic E-state index is 13.4. The molecule has 184 valence electrons. The molecule has 0 bridgehead atoms. The Morgan fingerprint density at radius 1 is 1.11 bits per heavy atom. The van der Waals surface area contributed by atoms with Crippen LogP contribution in [0.25, 0.3) is 11.0 Å². The molecule has 1 atom stereocenters. The highest BCUT2D eigenvalue weighted by atomic mass is 35.5. The Hall–Kier alpha value is -2.83. The van der Waals surface area contributed by atoms with E-state index in [1.807, 2.05) is 26.0 Å². The second kappa shape index (κ2) is 9.67. The number of piperidine rings is 1. The fourth-order valence-corrected chi connectivity index (χ4v) is 5.43. The summed E-state index contributed by atoms with van der Waals surface area (Å²) in [6.07, 6.45) is 4.92. The van der Waals surface area contributed by atoms with Gasteiger partial charge in [0.1, 0.15) is 16.9 Å². The van der Waals surface area contributed by atoms with E-state index < -0.39 is 5.60 Å². The van der Waals surface area contributed by atoms with E-state index in [0.717, 1.165) is 31.6 Å². The van der Waals surface area contributed by atoms with Gasteiger partial charge in [0.15, 0.2) is 11.5 Å². The molecule has 0 spiro atoms. The number of carbonyl (C=O) groups is 2. The number of ketones is 1. The summed E-state index contributed by atoms with van der Waals surface area (Å²) in [5, 5.41) is 4.27. The average molecular weight is 495 g/mol. The third-order valence-corrected chi connectivity index (χ3v) is 7.47.